The van der Waals surface area contributed by atoms with Crippen LogP contribution in [-0.2, 0) is 0 Å². The van der Waals surface area contributed by atoms with Crippen LogP contribution in [0, 0.1) is 17.3 Å². The van der Waals surface area contributed by atoms with E-state index < -0.39 is 0 Å². The standard InChI is InChI=1S/C18H37N3/c1-6-16-13-21(10-9-20(16)5)17-11-15(18(2,3)4)8-7-14(17)12-19/h14-17H,6-13,19H2,1-5H3. The molecule has 2 rings (SSSR count). The molecule has 0 radical (unpaired) electrons. The zero-order valence-corrected chi connectivity index (χ0v) is 14.9. The lowest BCUT2D eigenvalue weighted by molar-refractivity contribution is -0.000175. The summed E-state index contributed by atoms with van der Waals surface area (Å²) in [5, 5.41) is 0. The van der Waals surface area contributed by atoms with Crippen LogP contribution in [0.1, 0.15) is 53.4 Å². The number of rotatable bonds is 3. The van der Waals surface area contributed by atoms with Crippen molar-refractivity contribution in [2.45, 2.75) is 65.5 Å². The van der Waals surface area contributed by atoms with Gasteiger partial charge in [-0.05, 0) is 56.5 Å². The maximum Gasteiger partial charge on any atom is 0.0218 e. The first-order valence-corrected chi connectivity index (χ1v) is 9.01. The molecule has 0 aromatic heterocycles. The summed E-state index contributed by atoms with van der Waals surface area (Å²) >= 11 is 0. The molecule has 0 aromatic rings. The molecular formula is C18H37N3. The fourth-order valence-electron chi connectivity index (χ4n) is 4.43. The number of piperazine rings is 1. The second-order valence-electron chi connectivity index (χ2n) is 8.48. The highest BCUT2D eigenvalue weighted by Gasteiger charge is 2.39. The Hall–Kier alpha value is -0.120. The van der Waals surface area contributed by atoms with Crippen molar-refractivity contribution in [1.82, 2.24) is 9.80 Å². The average molecular weight is 296 g/mol. The lowest BCUT2D eigenvalue weighted by atomic mass is 9.67. The molecule has 1 aliphatic heterocycles. The van der Waals surface area contributed by atoms with E-state index in [1.54, 1.807) is 0 Å². The van der Waals surface area contributed by atoms with Crippen molar-refractivity contribution >= 4 is 0 Å². The Morgan fingerprint density at radius 2 is 1.86 bits per heavy atom. The van der Waals surface area contributed by atoms with Gasteiger partial charge in [-0.15, -0.1) is 0 Å². The fraction of sp³-hybridized carbons (Fsp3) is 1.00. The van der Waals surface area contributed by atoms with Crippen molar-refractivity contribution in [2.75, 3.05) is 33.2 Å². The van der Waals surface area contributed by atoms with E-state index in [-0.39, 0.29) is 0 Å². The van der Waals surface area contributed by atoms with E-state index in [0.29, 0.717) is 11.3 Å². The zero-order chi connectivity index (χ0) is 15.6. The van der Waals surface area contributed by atoms with Crippen molar-refractivity contribution in [2.24, 2.45) is 23.0 Å². The third kappa shape index (κ3) is 4.00. The number of nitrogens with zero attached hydrogens (tertiary/aromatic N) is 2. The molecule has 1 saturated carbocycles. The van der Waals surface area contributed by atoms with E-state index in [1.165, 1.54) is 45.3 Å². The molecule has 21 heavy (non-hydrogen) atoms. The molecule has 0 aromatic carbocycles. The predicted molar refractivity (Wildman–Crippen MR) is 91.4 cm³/mol. The van der Waals surface area contributed by atoms with Gasteiger partial charge in [0.15, 0.2) is 0 Å². The first kappa shape index (κ1) is 17.2. The van der Waals surface area contributed by atoms with Crippen molar-refractivity contribution in [3.05, 3.63) is 0 Å². The highest BCUT2D eigenvalue weighted by molar-refractivity contribution is 4.93. The van der Waals surface area contributed by atoms with Gasteiger partial charge in [-0.2, -0.15) is 0 Å². The molecule has 2 N–H and O–H groups in total. The Morgan fingerprint density at radius 3 is 2.43 bits per heavy atom. The summed E-state index contributed by atoms with van der Waals surface area (Å²) in [5.74, 6) is 1.56. The Morgan fingerprint density at radius 1 is 1.14 bits per heavy atom. The van der Waals surface area contributed by atoms with Crippen LogP contribution in [0.5, 0.6) is 0 Å². The second-order valence-corrected chi connectivity index (χ2v) is 8.48. The van der Waals surface area contributed by atoms with Crippen LogP contribution in [0.3, 0.4) is 0 Å². The summed E-state index contributed by atoms with van der Waals surface area (Å²) in [6.07, 6.45) is 5.31. The molecule has 4 atom stereocenters. The molecule has 124 valence electrons. The Kier molecular flexibility index (Phi) is 5.72. The minimum Gasteiger partial charge on any atom is -0.330 e. The quantitative estimate of drug-likeness (QED) is 0.869. The third-order valence-electron chi connectivity index (χ3n) is 6.23. The summed E-state index contributed by atoms with van der Waals surface area (Å²) < 4.78 is 0. The van der Waals surface area contributed by atoms with Gasteiger partial charge < -0.3 is 10.6 Å². The summed E-state index contributed by atoms with van der Waals surface area (Å²) in [5.41, 5.74) is 6.55. The van der Waals surface area contributed by atoms with E-state index in [1.807, 2.05) is 0 Å². The highest BCUT2D eigenvalue weighted by atomic mass is 15.3. The smallest absolute Gasteiger partial charge is 0.0218 e. The monoisotopic (exact) mass is 295 g/mol. The second kappa shape index (κ2) is 6.97. The third-order valence-corrected chi connectivity index (χ3v) is 6.23. The topological polar surface area (TPSA) is 32.5 Å². The van der Waals surface area contributed by atoms with Crippen molar-refractivity contribution < 1.29 is 0 Å². The summed E-state index contributed by atoms with van der Waals surface area (Å²) in [6, 6.07) is 1.45. The normalized spacial score (nSPS) is 36.9. The van der Waals surface area contributed by atoms with E-state index in [9.17, 15) is 0 Å². The van der Waals surface area contributed by atoms with Gasteiger partial charge in [0.2, 0.25) is 0 Å². The Balaban J connectivity index is 2.06. The van der Waals surface area contributed by atoms with E-state index in [0.717, 1.165) is 24.5 Å². The molecule has 1 heterocycles. The maximum absolute atomic E-state index is 6.11. The van der Waals surface area contributed by atoms with Gasteiger partial charge in [-0.3, -0.25) is 4.90 Å². The largest absolute Gasteiger partial charge is 0.330 e. The highest BCUT2D eigenvalue weighted by Crippen LogP contribution is 2.41. The molecule has 2 fully saturated rings. The fourth-order valence-corrected chi connectivity index (χ4v) is 4.43. The molecule has 3 nitrogen and oxygen atoms in total. The lowest BCUT2D eigenvalue weighted by Crippen LogP contribution is -2.58. The van der Waals surface area contributed by atoms with Crippen LogP contribution in [0.4, 0.5) is 0 Å². The van der Waals surface area contributed by atoms with Crippen LogP contribution in [0.25, 0.3) is 0 Å². The summed E-state index contributed by atoms with van der Waals surface area (Å²) in [6.45, 7) is 14.1. The first-order chi connectivity index (χ1) is 9.86. The van der Waals surface area contributed by atoms with Crippen molar-refractivity contribution in [3.63, 3.8) is 0 Å². The molecule has 2 aliphatic rings. The van der Waals surface area contributed by atoms with Crippen LogP contribution in [0.2, 0.25) is 0 Å². The van der Waals surface area contributed by atoms with Crippen LogP contribution in [0.15, 0.2) is 0 Å². The van der Waals surface area contributed by atoms with Gasteiger partial charge in [0.05, 0.1) is 0 Å². The van der Waals surface area contributed by atoms with Gasteiger partial charge in [0.25, 0.3) is 0 Å². The molecule has 0 amide bonds. The Labute approximate surface area is 132 Å². The van der Waals surface area contributed by atoms with Crippen LogP contribution < -0.4 is 5.73 Å². The molecular weight excluding hydrogens is 258 g/mol. The van der Waals surface area contributed by atoms with Gasteiger partial charge in [-0.25, -0.2) is 0 Å². The number of hydrogen-bond acceptors (Lipinski definition) is 3. The van der Waals surface area contributed by atoms with Crippen LogP contribution in [-0.4, -0.2) is 55.1 Å². The molecule has 1 saturated heterocycles. The maximum atomic E-state index is 6.11. The number of likely N-dealkylation sites (N-methyl/N-ethyl adjacent to an activating group) is 1. The molecule has 0 spiro atoms. The minimum atomic E-state index is 0.439. The molecule has 1 aliphatic carbocycles. The van der Waals surface area contributed by atoms with Crippen LogP contribution >= 0.6 is 0 Å². The van der Waals surface area contributed by atoms with Gasteiger partial charge in [0, 0.05) is 31.7 Å². The van der Waals surface area contributed by atoms with Gasteiger partial charge >= 0.3 is 0 Å². The lowest BCUT2D eigenvalue weighted by Gasteiger charge is -2.50. The average Bonchev–Trinajstić information content (AvgIpc) is 2.46. The number of hydrogen-bond donors (Lipinski definition) is 1. The van der Waals surface area contributed by atoms with E-state index >= 15 is 0 Å². The predicted octanol–water partition coefficient (Wildman–Crippen LogP) is 2.80. The van der Waals surface area contributed by atoms with Gasteiger partial charge in [-0.1, -0.05) is 27.7 Å². The van der Waals surface area contributed by atoms with E-state index in [4.69, 9.17) is 5.73 Å². The van der Waals surface area contributed by atoms with Crippen molar-refractivity contribution in [1.29, 1.82) is 0 Å². The molecule has 4 unspecified atom stereocenters. The van der Waals surface area contributed by atoms with Gasteiger partial charge in [0.1, 0.15) is 0 Å². The van der Waals surface area contributed by atoms with Crippen molar-refractivity contribution in [3.8, 4) is 0 Å². The summed E-state index contributed by atoms with van der Waals surface area (Å²) in [4.78, 5) is 5.32. The molecule has 0 bridgehead atoms. The molecule has 3 heteroatoms. The summed E-state index contributed by atoms with van der Waals surface area (Å²) in [7, 11) is 2.28. The SMILES string of the molecule is CCC1CN(C2CC(C(C)(C)C)CCC2CN)CCN1C. The Bertz CT molecular complexity index is 323. The van der Waals surface area contributed by atoms with E-state index in [2.05, 4.69) is 44.5 Å². The first-order valence-electron chi connectivity index (χ1n) is 9.01. The minimum absolute atomic E-state index is 0.439. The zero-order valence-electron chi connectivity index (χ0n) is 14.9. The number of nitrogens with two attached hydrogens (primary N) is 1.